The summed E-state index contributed by atoms with van der Waals surface area (Å²) in [4.78, 5) is 0. The topological polar surface area (TPSA) is 38.0 Å². The van der Waals surface area contributed by atoms with Crippen LogP contribution in [0.5, 0.6) is 0 Å². The maximum atomic E-state index is 5.52. The molecule has 0 bridgehead atoms. The summed E-state index contributed by atoms with van der Waals surface area (Å²) in [7, 11) is 0. The van der Waals surface area contributed by atoms with Gasteiger partial charge in [0, 0.05) is 6.04 Å². The predicted molar refractivity (Wildman–Crippen MR) is 63.9 cm³/mol. The molecule has 2 heteroatoms. The lowest BCUT2D eigenvalue weighted by atomic mass is 9.82. The molecule has 0 radical (unpaired) electrons. The lowest BCUT2D eigenvalue weighted by Crippen LogP contribution is -2.36. The molecule has 0 heterocycles. The van der Waals surface area contributed by atoms with Gasteiger partial charge in [0.25, 0.3) is 0 Å². The van der Waals surface area contributed by atoms with Crippen LogP contribution in [0.3, 0.4) is 0 Å². The molecule has 2 atom stereocenters. The highest BCUT2D eigenvalue weighted by molar-refractivity contribution is 4.72. The van der Waals surface area contributed by atoms with Gasteiger partial charge in [-0.1, -0.05) is 41.0 Å². The Hall–Kier alpha value is -0.0800. The molecule has 2 unspecified atom stereocenters. The smallest absolute Gasteiger partial charge is 0.0213 e. The lowest BCUT2D eigenvalue weighted by Gasteiger charge is -2.26. The fraction of sp³-hybridized carbons (Fsp3) is 1.00. The number of rotatable bonds is 6. The molecule has 0 aliphatic heterocycles. The van der Waals surface area contributed by atoms with Crippen molar-refractivity contribution < 1.29 is 0 Å². The molecule has 0 aliphatic rings. The van der Waals surface area contributed by atoms with Crippen molar-refractivity contribution in [1.29, 1.82) is 0 Å². The fourth-order valence-electron chi connectivity index (χ4n) is 2.23. The van der Waals surface area contributed by atoms with E-state index in [0.717, 1.165) is 5.92 Å². The number of nitrogens with one attached hydrogen (secondary N) is 1. The van der Waals surface area contributed by atoms with Gasteiger partial charge in [0.2, 0.25) is 0 Å². The van der Waals surface area contributed by atoms with Crippen molar-refractivity contribution in [3.05, 3.63) is 0 Å². The van der Waals surface area contributed by atoms with Crippen molar-refractivity contribution in [2.45, 2.75) is 66.3 Å². The monoisotopic (exact) mass is 200 g/mol. The Morgan fingerprint density at radius 3 is 2.21 bits per heavy atom. The molecule has 14 heavy (non-hydrogen) atoms. The first-order chi connectivity index (χ1) is 6.39. The fourth-order valence-corrected chi connectivity index (χ4v) is 2.23. The maximum Gasteiger partial charge on any atom is 0.0213 e. The van der Waals surface area contributed by atoms with Crippen molar-refractivity contribution in [3.8, 4) is 0 Å². The third-order valence-electron chi connectivity index (χ3n) is 2.52. The summed E-state index contributed by atoms with van der Waals surface area (Å²) in [6, 6.07) is 0.498. The van der Waals surface area contributed by atoms with Gasteiger partial charge < -0.3 is 0 Å². The van der Waals surface area contributed by atoms with E-state index < -0.39 is 0 Å². The van der Waals surface area contributed by atoms with Gasteiger partial charge >= 0.3 is 0 Å². The van der Waals surface area contributed by atoms with E-state index in [-0.39, 0.29) is 0 Å². The van der Waals surface area contributed by atoms with Crippen molar-refractivity contribution in [1.82, 2.24) is 5.43 Å². The molecule has 0 fully saturated rings. The van der Waals surface area contributed by atoms with Gasteiger partial charge in [0.1, 0.15) is 0 Å². The summed E-state index contributed by atoms with van der Waals surface area (Å²) in [5, 5.41) is 0. The Morgan fingerprint density at radius 1 is 1.29 bits per heavy atom. The van der Waals surface area contributed by atoms with E-state index in [1.165, 1.54) is 25.7 Å². The molecule has 3 N–H and O–H groups in total. The standard InChI is InChI=1S/C12H28N2/c1-6-7-11(14-13)8-10(2)9-12(3,4)5/h10-11,14H,6-9,13H2,1-5H3. The van der Waals surface area contributed by atoms with Gasteiger partial charge in [-0.15, -0.1) is 0 Å². The first kappa shape index (κ1) is 13.9. The molecular formula is C12H28N2. The van der Waals surface area contributed by atoms with E-state index in [9.17, 15) is 0 Å². The molecule has 2 nitrogen and oxygen atoms in total. The lowest BCUT2D eigenvalue weighted by molar-refractivity contribution is 0.271. The number of hydrogen-bond donors (Lipinski definition) is 2. The molecule has 0 saturated heterocycles. The second-order valence-electron chi connectivity index (χ2n) is 5.76. The van der Waals surface area contributed by atoms with Crippen LogP contribution < -0.4 is 11.3 Å². The third kappa shape index (κ3) is 7.34. The van der Waals surface area contributed by atoms with Crippen molar-refractivity contribution in [2.24, 2.45) is 17.2 Å². The molecule has 0 aromatic heterocycles. The van der Waals surface area contributed by atoms with Gasteiger partial charge in [-0.2, -0.15) is 0 Å². The van der Waals surface area contributed by atoms with Crippen LogP contribution in [0.2, 0.25) is 0 Å². The Balaban J connectivity index is 3.84. The summed E-state index contributed by atoms with van der Waals surface area (Å²) < 4.78 is 0. The first-order valence-corrected chi connectivity index (χ1v) is 5.85. The second kappa shape index (κ2) is 6.41. The number of nitrogens with two attached hydrogens (primary N) is 1. The SMILES string of the molecule is CCCC(CC(C)CC(C)(C)C)NN. The zero-order chi connectivity index (χ0) is 11.2. The number of hydrazine groups is 1. The van der Waals surface area contributed by atoms with Crippen LogP contribution in [-0.2, 0) is 0 Å². The number of hydrogen-bond acceptors (Lipinski definition) is 2. The molecule has 0 saturated carbocycles. The van der Waals surface area contributed by atoms with Gasteiger partial charge in [-0.3, -0.25) is 11.3 Å². The van der Waals surface area contributed by atoms with E-state index in [1.807, 2.05) is 0 Å². The van der Waals surface area contributed by atoms with Crippen molar-refractivity contribution >= 4 is 0 Å². The van der Waals surface area contributed by atoms with Crippen molar-refractivity contribution in [2.75, 3.05) is 0 Å². The second-order valence-corrected chi connectivity index (χ2v) is 5.76. The van der Waals surface area contributed by atoms with Gasteiger partial charge in [-0.25, -0.2) is 0 Å². The highest BCUT2D eigenvalue weighted by Gasteiger charge is 2.18. The average molecular weight is 200 g/mol. The summed E-state index contributed by atoms with van der Waals surface area (Å²) in [5.74, 6) is 6.27. The molecule has 0 rings (SSSR count). The minimum Gasteiger partial charge on any atom is -0.271 e. The molecule has 0 aromatic carbocycles. The Labute approximate surface area is 89.6 Å². The van der Waals surface area contributed by atoms with Crippen LogP contribution in [0.1, 0.15) is 60.3 Å². The highest BCUT2D eigenvalue weighted by Crippen LogP contribution is 2.27. The Morgan fingerprint density at radius 2 is 1.86 bits per heavy atom. The largest absolute Gasteiger partial charge is 0.271 e. The van der Waals surface area contributed by atoms with E-state index in [2.05, 4.69) is 40.0 Å². The quantitative estimate of drug-likeness (QED) is 0.511. The van der Waals surface area contributed by atoms with E-state index in [4.69, 9.17) is 5.84 Å². The van der Waals surface area contributed by atoms with E-state index in [0.29, 0.717) is 11.5 Å². The van der Waals surface area contributed by atoms with Gasteiger partial charge in [0.05, 0.1) is 0 Å². The predicted octanol–water partition coefficient (Wildman–Crippen LogP) is 3.08. The van der Waals surface area contributed by atoms with E-state index >= 15 is 0 Å². The van der Waals surface area contributed by atoms with Gasteiger partial charge in [-0.05, 0) is 30.6 Å². The zero-order valence-electron chi connectivity index (χ0n) is 10.6. The zero-order valence-corrected chi connectivity index (χ0v) is 10.6. The van der Waals surface area contributed by atoms with Crippen LogP contribution in [0, 0.1) is 11.3 Å². The normalized spacial score (nSPS) is 16.7. The third-order valence-corrected chi connectivity index (χ3v) is 2.52. The minimum atomic E-state index is 0.435. The Bertz CT molecular complexity index is 138. The average Bonchev–Trinajstić information content (AvgIpc) is 2.00. The molecule has 86 valence electrons. The minimum absolute atomic E-state index is 0.435. The van der Waals surface area contributed by atoms with Crippen LogP contribution in [0.15, 0.2) is 0 Å². The maximum absolute atomic E-state index is 5.52. The molecule has 0 aromatic rings. The first-order valence-electron chi connectivity index (χ1n) is 5.85. The molecule has 0 spiro atoms. The van der Waals surface area contributed by atoms with Crippen LogP contribution in [0.4, 0.5) is 0 Å². The Kier molecular flexibility index (Phi) is 6.38. The van der Waals surface area contributed by atoms with Crippen molar-refractivity contribution in [3.63, 3.8) is 0 Å². The highest BCUT2D eigenvalue weighted by atomic mass is 15.2. The molecule has 0 aliphatic carbocycles. The van der Waals surface area contributed by atoms with Gasteiger partial charge in [0.15, 0.2) is 0 Å². The molecular weight excluding hydrogens is 172 g/mol. The summed E-state index contributed by atoms with van der Waals surface area (Å²) >= 11 is 0. The van der Waals surface area contributed by atoms with Crippen LogP contribution in [-0.4, -0.2) is 6.04 Å². The van der Waals surface area contributed by atoms with Crippen LogP contribution in [0.25, 0.3) is 0 Å². The summed E-state index contributed by atoms with van der Waals surface area (Å²) in [5.41, 5.74) is 3.35. The van der Waals surface area contributed by atoms with E-state index in [1.54, 1.807) is 0 Å². The summed E-state index contributed by atoms with van der Waals surface area (Å²) in [6.07, 6.45) is 4.86. The summed E-state index contributed by atoms with van der Waals surface area (Å²) in [6.45, 7) is 11.4. The molecule has 0 amide bonds. The van der Waals surface area contributed by atoms with Crippen LogP contribution >= 0.6 is 0 Å².